The van der Waals surface area contributed by atoms with Gasteiger partial charge in [-0.05, 0) is 23.8 Å². The molecule has 0 aliphatic carbocycles. The van der Waals surface area contributed by atoms with E-state index in [0.717, 1.165) is 33.5 Å². The number of hydrogen-bond acceptors (Lipinski definition) is 3. The minimum absolute atomic E-state index is 0.0941. The standard InChI is InChI=1S/C18H16N2O2/c1-12(21)20-16-8-4-3-6-14(16)13-10-11-19-18-15(13)7-5-9-17(18)22-2/h3-11H,1-2H3,(H,20,21). The molecule has 0 saturated heterocycles. The van der Waals surface area contributed by atoms with Crippen LogP contribution in [0.1, 0.15) is 6.92 Å². The van der Waals surface area contributed by atoms with Crippen LogP contribution in [0.5, 0.6) is 5.75 Å². The van der Waals surface area contributed by atoms with Gasteiger partial charge in [-0.2, -0.15) is 0 Å². The van der Waals surface area contributed by atoms with Gasteiger partial charge in [0.05, 0.1) is 7.11 Å². The Morgan fingerprint density at radius 3 is 2.64 bits per heavy atom. The minimum atomic E-state index is -0.0941. The van der Waals surface area contributed by atoms with E-state index in [-0.39, 0.29) is 5.91 Å². The number of pyridine rings is 1. The molecule has 1 aromatic heterocycles. The molecule has 3 rings (SSSR count). The lowest BCUT2D eigenvalue weighted by atomic mass is 9.99. The predicted molar refractivity (Wildman–Crippen MR) is 88.0 cm³/mol. The summed E-state index contributed by atoms with van der Waals surface area (Å²) in [6.45, 7) is 1.50. The van der Waals surface area contributed by atoms with E-state index in [1.165, 1.54) is 6.92 Å². The summed E-state index contributed by atoms with van der Waals surface area (Å²) in [6, 6.07) is 15.5. The first kappa shape index (κ1) is 14.1. The summed E-state index contributed by atoms with van der Waals surface area (Å²) in [6.07, 6.45) is 1.75. The molecule has 110 valence electrons. The minimum Gasteiger partial charge on any atom is -0.494 e. The van der Waals surface area contributed by atoms with E-state index in [2.05, 4.69) is 10.3 Å². The molecular weight excluding hydrogens is 276 g/mol. The van der Waals surface area contributed by atoms with E-state index in [1.54, 1.807) is 13.3 Å². The van der Waals surface area contributed by atoms with Crippen molar-refractivity contribution in [1.82, 2.24) is 4.98 Å². The number of methoxy groups -OCH3 is 1. The maximum atomic E-state index is 11.4. The summed E-state index contributed by atoms with van der Waals surface area (Å²) in [5.41, 5.74) is 3.55. The van der Waals surface area contributed by atoms with Crippen molar-refractivity contribution in [2.24, 2.45) is 0 Å². The van der Waals surface area contributed by atoms with Crippen LogP contribution in [0.2, 0.25) is 0 Å². The number of anilines is 1. The number of rotatable bonds is 3. The van der Waals surface area contributed by atoms with Gasteiger partial charge in [-0.25, -0.2) is 0 Å². The largest absolute Gasteiger partial charge is 0.494 e. The summed E-state index contributed by atoms with van der Waals surface area (Å²) >= 11 is 0. The van der Waals surface area contributed by atoms with Crippen molar-refractivity contribution in [3.8, 4) is 16.9 Å². The number of aromatic nitrogens is 1. The summed E-state index contributed by atoms with van der Waals surface area (Å²) in [5.74, 6) is 0.639. The number of para-hydroxylation sites is 2. The van der Waals surface area contributed by atoms with Crippen molar-refractivity contribution < 1.29 is 9.53 Å². The zero-order chi connectivity index (χ0) is 15.5. The van der Waals surface area contributed by atoms with Crippen molar-refractivity contribution in [1.29, 1.82) is 0 Å². The Balaban J connectivity index is 2.25. The lowest BCUT2D eigenvalue weighted by molar-refractivity contribution is -0.114. The van der Waals surface area contributed by atoms with Crippen molar-refractivity contribution in [2.45, 2.75) is 6.92 Å². The van der Waals surface area contributed by atoms with Gasteiger partial charge in [0, 0.05) is 29.8 Å². The van der Waals surface area contributed by atoms with Crippen LogP contribution in [0.25, 0.3) is 22.0 Å². The second-order valence-corrected chi connectivity index (χ2v) is 4.94. The van der Waals surface area contributed by atoms with Crippen LogP contribution in [0.15, 0.2) is 54.7 Å². The second kappa shape index (κ2) is 5.85. The van der Waals surface area contributed by atoms with Crippen LogP contribution in [0.4, 0.5) is 5.69 Å². The second-order valence-electron chi connectivity index (χ2n) is 4.94. The van der Waals surface area contributed by atoms with E-state index < -0.39 is 0 Å². The van der Waals surface area contributed by atoms with Gasteiger partial charge in [-0.15, -0.1) is 0 Å². The fourth-order valence-electron chi connectivity index (χ4n) is 2.57. The average molecular weight is 292 g/mol. The molecule has 0 fully saturated rings. The maximum absolute atomic E-state index is 11.4. The van der Waals surface area contributed by atoms with Gasteiger partial charge < -0.3 is 10.1 Å². The summed E-state index contributed by atoms with van der Waals surface area (Å²) in [7, 11) is 1.63. The first-order chi connectivity index (χ1) is 10.7. The Labute approximate surface area is 128 Å². The van der Waals surface area contributed by atoms with E-state index >= 15 is 0 Å². The highest BCUT2D eigenvalue weighted by molar-refractivity contribution is 6.02. The molecule has 0 unspecified atom stereocenters. The van der Waals surface area contributed by atoms with Crippen LogP contribution in [0.3, 0.4) is 0 Å². The highest BCUT2D eigenvalue weighted by atomic mass is 16.5. The van der Waals surface area contributed by atoms with Crippen molar-refractivity contribution in [3.63, 3.8) is 0 Å². The summed E-state index contributed by atoms with van der Waals surface area (Å²) < 4.78 is 5.38. The highest BCUT2D eigenvalue weighted by Crippen LogP contribution is 2.35. The third kappa shape index (κ3) is 2.51. The van der Waals surface area contributed by atoms with Crippen molar-refractivity contribution >= 4 is 22.5 Å². The molecule has 4 heteroatoms. The van der Waals surface area contributed by atoms with Gasteiger partial charge in [0.2, 0.25) is 5.91 Å². The Hall–Kier alpha value is -2.88. The molecule has 1 N–H and O–H groups in total. The molecule has 2 aromatic carbocycles. The molecule has 1 heterocycles. The summed E-state index contributed by atoms with van der Waals surface area (Å²) in [4.78, 5) is 15.8. The number of nitrogens with zero attached hydrogens (tertiary/aromatic N) is 1. The van der Waals surface area contributed by atoms with Crippen LogP contribution in [0, 0.1) is 0 Å². The maximum Gasteiger partial charge on any atom is 0.221 e. The monoisotopic (exact) mass is 292 g/mol. The number of carbonyl (C=O) groups is 1. The Morgan fingerprint density at radius 1 is 1.05 bits per heavy atom. The van der Waals surface area contributed by atoms with Crippen molar-refractivity contribution in [3.05, 3.63) is 54.7 Å². The van der Waals surface area contributed by atoms with Gasteiger partial charge in [0.15, 0.2) is 0 Å². The molecule has 3 aromatic rings. The Bertz CT molecular complexity index is 843. The topological polar surface area (TPSA) is 51.2 Å². The van der Waals surface area contributed by atoms with Crippen LogP contribution in [-0.4, -0.2) is 18.0 Å². The van der Waals surface area contributed by atoms with Gasteiger partial charge in [-0.1, -0.05) is 30.3 Å². The molecule has 0 saturated carbocycles. The molecule has 0 radical (unpaired) electrons. The smallest absolute Gasteiger partial charge is 0.221 e. The van der Waals surface area contributed by atoms with Crippen molar-refractivity contribution in [2.75, 3.05) is 12.4 Å². The molecule has 0 aliphatic heterocycles. The third-order valence-electron chi connectivity index (χ3n) is 3.48. The van der Waals surface area contributed by atoms with Gasteiger partial charge >= 0.3 is 0 Å². The average Bonchev–Trinajstić information content (AvgIpc) is 2.54. The van der Waals surface area contributed by atoms with Gasteiger partial charge in [-0.3, -0.25) is 9.78 Å². The summed E-state index contributed by atoms with van der Waals surface area (Å²) in [5, 5.41) is 3.86. The zero-order valence-corrected chi connectivity index (χ0v) is 12.5. The normalized spacial score (nSPS) is 10.5. The molecule has 0 bridgehead atoms. The number of hydrogen-bond donors (Lipinski definition) is 1. The zero-order valence-electron chi connectivity index (χ0n) is 12.5. The number of nitrogens with one attached hydrogen (secondary N) is 1. The highest BCUT2D eigenvalue weighted by Gasteiger charge is 2.11. The molecule has 0 aliphatic rings. The first-order valence-corrected chi connectivity index (χ1v) is 6.99. The third-order valence-corrected chi connectivity index (χ3v) is 3.48. The van der Waals surface area contributed by atoms with E-state index in [1.807, 2.05) is 48.5 Å². The number of carbonyl (C=O) groups excluding carboxylic acids is 1. The SMILES string of the molecule is COc1cccc2c(-c3ccccc3NC(C)=O)ccnc12. The van der Waals surface area contributed by atoms with Crippen LogP contribution < -0.4 is 10.1 Å². The molecular formula is C18H16N2O2. The fourth-order valence-corrected chi connectivity index (χ4v) is 2.57. The lowest BCUT2D eigenvalue weighted by Crippen LogP contribution is -2.06. The fraction of sp³-hybridized carbons (Fsp3) is 0.111. The van der Waals surface area contributed by atoms with Gasteiger partial charge in [0.1, 0.15) is 11.3 Å². The molecule has 22 heavy (non-hydrogen) atoms. The van der Waals surface area contributed by atoms with E-state index in [9.17, 15) is 4.79 Å². The number of ether oxygens (including phenoxy) is 1. The molecule has 1 amide bonds. The van der Waals surface area contributed by atoms with Crippen LogP contribution >= 0.6 is 0 Å². The number of amides is 1. The Morgan fingerprint density at radius 2 is 1.86 bits per heavy atom. The van der Waals surface area contributed by atoms with Crippen LogP contribution in [-0.2, 0) is 4.79 Å². The predicted octanol–water partition coefficient (Wildman–Crippen LogP) is 3.87. The van der Waals surface area contributed by atoms with Gasteiger partial charge in [0.25, 0.3) is 0 Å². The van der Waals surface area contributed by atoms with E-state index in [4.69, 9.17) is 4.74 Å². The number of fused-ring (bicyclic) bond motifs is 1. The Kier molecular flexibility index (Phi) is 3.74. The lowest BCUT2D eigenvalue weighted by Gasteiger charge is -2.13. The number of benzene rings is 2. The quantitative estimate of drug-likeness (QED) is 0.797. The molecule has 4 nitrogen and oxygen atoms in total. The molecule has 0 atom stereocenters. The molecule has 0 spiro atoms. The van der Waals surface area contributed by atoms with E-state index in [0.29, 0.717) is 0 Å². The first-order valence-electron chi connectivity index (χ1n) is 6.99.